The van der Waals surface area contributed by atoms with E-state index in [1.54, 1.807) is 48.5 Å². The summed E-state index contributed by atoms with van der Waals surface area (Å²) in [6, 6.07) is 25.1. The van der Waals surface area contributed by atoms with Crippen molar-refractivity contribution in [2.45, 2.75) is 6.61 Å². The van der Waals surface area contributed by atoms with Gasteiger partial charge in [-0.15, -0.1) is 0 Å². The number of hydrogen-bond donors (Lipinski definition) is 1. The first kappa shape index (κ1) is 16.5. The zero-order valence-electron chi connectivity index (χ0n) is 13.5. The van der Waals surface area contributed by atoms with E-state index in [0.717, 1.165) is 11.3 Å². The van der Waals surface area contributed by atoms with Crippen LogP contribution in [0.4, 0.5) is 5.69 Å². The summed E-state index contributed by atoms with van der Waals surface area (Å²) in [6.45, 7) is 0.161. The van der Waals surface area contributed by atoms with Gasteiger partial charge in [-0.1, -0.05) is 48.5 Å². The summed E-state index contributed by atoms with van der Waals surface area (Å²) in [6.07, 6.45) is 0. The van der Waals surface area contributed by atoms with Gasteiger partial charge in [0.05, 0.1) is 5.56 Å². The predicted molar refractivity (Wildman–Crippen MR) is 96.4 cm³/mol. The van der Waals surface area contributed by atoms with Crippen LogP contribution in [-0.2, 0) is 11.3 Å². The smallest absolute Gasteiger partial charge is 0.338 e. The fourth-order valence-corrected chi connectivity index (χ4v) is 2.28. The van der Waals surface area contributed by atoms with Crippen LogP contribution in [0.2, 0.25) is 0 Å². The summed E-state index contributed by atoms with van der Waals surface area (Å²) in [5.74, 6) is -0.550. The molecule has 0 atom stereocenters. The molecule has 124 valence electrons. The molecule has 4 nitrogen and oxygen atoms in total. The van der Waals surface area contributed by atoms with E-state index in [1.807, 2.05) is 36.4 Å². The van der Waals surface area contributed by atoms with Gasteiger partial charge in [0.1, 0.15) is 6.61 Å². The van der Waals surface area contributed by atoms with Gasteiger partial charge in [0.2, 0.25) is 0 Å². The number of benzene rings is 3. The summed E-state index contributed by atoms with van der Waals surface area (Å²) in [7, 11) is 0. The highest BCUT2D eigenvalue weighted by Gasteiger charge is 2.08. The second-order valence-electron chi connectivity index (χ2n) is 5.46. The molecule has 0 unspecified atom stereocenters. The van der Waals surface area contributed by atoms with Crippen molar-refractivity contribution in [3.63, 3.8) is 0 Å². The van der Waals surface area contributed by atoms with Crippen LogP contribution in [0, 0.1) is 0 Å². The van der Waals surface area contributed by atoms with Crippen LogP contribution in [0.25, 0.3) is 0 Å². The summed E-state index contributed by atoms with van der Waals surface area (Å²) < 4.78 is 5.27. The Morgan fingerprint density at radius 1 is 0.720 bits per heavy atom. The standard InChI is InChI=1S/C21H17NO3/c23-20(22-19-9-5-2-6-10-19)17-13-11-16(12-14-17)15-25-21(24)18-7-3-1-4-8-18/h1-14H,15H2,(H,22,23). The van der Waals surface area contributed by atoms with E-state index in [0.29, 0.717) is 11.1 Å². The van der Waals surface area contributed by atoms with Gasteiger partial charge in [0.15, 0.2) is 0 Å². The Morgan fingerprint density at radius 3 is 1.96 bits per heavy atom. The van der Waals surface area contributed by atoms with Crippen molar-refractivity contribution in [1.29, 1.82) is 0 Å². The van der Waals surface area contributed by atoms with Crippen LogP contribution in [0.1, 0.15) is 26.3 Å². The fraction of sp³-hybridized carbons (Fsp3) is 0.0476. The zero-order valence-corrected chi connectivity index (χ0v) is 13.5. The molecule has 1 amide bonds. The maximum atomic E-state index is 12.2. The number of esters is 1. The average Bonchev–Trinajstić information content (AvgIpc) is 2.68. The van der Waals surface area contributed by atoms with Crippen molar-refractivity contribution in [3.05, 3.63) is 102 Å². The van der Waals surface area contributed by atoms with E-state index < -0.39 is 0 Å². The van der Waals surface area contributed by atoms with E-state index in [1.165, 1.54) is 0 Å². The Balaban J connectivity index is 1.57. The number of carbonyl (C=O) groups is 2. The largest absolute Gasteiger partial charge is 0.457 e. The number of para-hydroxylation sites is 1. The molecule has 0 saturated carbocycles. The third-order valence-electron chi connectivity index (χ3n) is 3.63. The van der Waals surface area contributed by atoms with Gasteiger partial charge >= 0.3 is 5.97 Å². The molecule has 0 aliphatic rings. The minimum Gasteiger partial charge on any atom is -0.457 e. The maximum Gasteiger partial charge on any atom is 0.338 e. The monoisotopic (exact) mass is 331 g/mol. The van der Waals surface area contributed by atoms with Gasteiger partial charge in [-0.3, -0.25) is 4.79 Å². The normalized spacial score (nSPS) is 10.1. The number of carbonyl (C=O) groups excluding carboxylic acids is 2. The van der Waals surface area contributed by atoms with E-state index in [-0.39, 0.29) is 18.5 Å². The fourth-order valence-electron chi connectivity index (χ4n) is 2.28. The van der Waals surface area contributed by atoms with Crippen molar-refractivity contribution >= 4 is 17.6 Å². The lowest BCUT2D eigenvalue weighted by molar-refractivity contribution is 0.0472. The molecule has 0 aliphatic heterocycles. The van der Waals surface area contributed by atoms with Crippen molar-refractivity contribution < 1.29 is 14.3 Å². The molecule has 0 fully saturated rings. The van der Waals surface area contributed by atoms with Gasteiger partial charge < -0.3 is 10.1 Å². The SMILES string of the molecule is O=C(Nc1ccccc1)c1ccc(COC(=O)c2ccccc2)cc1. The summed E-state index contributed by atoms with van der Waals surface area (Å²) in [5, 5.41) is 2.83. The molecule has 0 spiro atoms. The molecule has 3 aromatic carbocycles. The molecule has 0 radical (unpaired) electrons. The van der Waals surface area contributed by atoms with Crippen LogP contribution in [-0.4, -0.2) is 11.9 Å². The predicted octanol–water partition coefficient (Wildman–Crippen LogP) is 4.30. The van der Waals surface area contributed by atoms with E-state index >= 15 is 0 Å². The van der Waals surface area contributed by atoms with Crippen LogP contribution < -0.4 is 5.32 Å². The first-order valence-electron chi connectivity index (χ1n) is 7.90. The van der Waals surface area contributed by atoms with Crippen molar-refractivity contribution in [2.24, 2.45) is 0 Å². The van der Waals surface area contributed by atoms with E-state index in [9.17, 15) is 9.59 Å². The lowest BCUT2D eigenvalue weighted by atomic mass is 10.1. The average molecular weight is 331 g/mol. The molecule has 3 aromatic rings. The lowest BCUT2D eigenvalue weighted by Gasteiger charge is -2.07. The first-order chi connectivity index (χ1) is 12.2. The number of hydrogen-bond acceptors (Lipinski definition) is 3. The molecule has 4 heteroatoms. The van der Waals surface area contributed by atoms with Crippen LogP contribution in [0.15, 0.2) is 84.9 Å². The molecule has 0 heterocycles. The van der Waals surface area contributed by atoms with Gasteiger partial charge in [0.25, 0.3) is 5.91 Å². The van der Waals surface area contributed by atoms with E-state index in [4.69, 9.17) is 4.74 Å². The van der Waals surface area contributed by atoms with Crippen LogP contribution >= 0.6 is 0 Å². The van der Waals surface area contributed by atoms with Crippen LogP contribution in [0.5, 0.6) is 0 Å². The summed E-state index contributed by atoms with van der Waals surface area (Å²) in [5.41, 5.74) is 2.62. The molecule has 25 heavy (non-hydrogen) atoms. The van der Waals surface area contributed by atoms with Crippen LogP contribution in [0.3, 0.4) is 0 Å². The molecule has 0 aliphatic carbocycles. The highest BCUT2D eigenvalue weighted by Crippen LogP contribution is 2.11. The van der Waals surface area contributed by atoms with Gasteiger partial charge in [-0.05, 0) is 42.0 Å². The lowest BCUT2D eigenvalue weighted by Crippen LogP contribution is -2.11. The summed E-state index contributed by atoms with van der Waals surface area (Å²) >= 11 is 0. The second-order valence-corrected chi connectivity index (χ2v) is 5.46. The number of amides is 1. The number of ether oxygens (including phenoxy) is 1. The minimum atomic E-state index is -0.369. The number of nitrogens with one attached hydrogen (secondary N) is 1. The van der Waals surface area contributed by atoms with Crippen molar-refractivity contribution in [3.8, 4) is 0 Å². The molecule has 0 saturated heterocycles. The molecule has 3 rings (SSSR count). The maximum absolute atomic E-state index is 12.2. The molecular formula is C21H17NO3. The Bertz CT molecular complexity index is 843. The Labute approximate surface area is 146 Å². The Kier molecular flexibility index (Phi) is 5.22. The van der Waals surface area contributed by atoms with Gasteiger partial charge in [-0.25, -0.2) is 4.79 Å². The number of rotatable bonds is 5. The topological polar surface area (TPSA) is 55.4 Å². The quantitative estimate of drug-likeness (QED) is 0.709. The first-order valence-corrected chi connectivity index (χ1v) is 7.90. The highest BCUT2D eigenvalue weighted by atomic mass is 16.5. The molecule has 0 aromatic heterocycles. The van der Waals surface area contributed by atoms with Crippen molar-refractivity contribution in [2.75, 3.05) is 5.32 Å². The molecule has 1 N–H and O–H groups in total. The summed E-state index contributed by atoms with van der Waals surface area (Å²) in [4.78, 5) is 24.1. The van der Waals surface area contributed by atoms with E-state index in [2.05, 4.69) is 5.32 Å². The van der Waals surface area contributed by atoms with Gasteiger partial charge in [0, 0.05) is 11.3 Å². The van der Waals surface area contributed by atoms with Crippen molar-refractivity contribution in [1.82, 2.24) is 0 Å². The van der Waals surface area contributed by atoms with Gasteiger partial charge in [-0.2, -0.15) is 0 Å². The zero-order chi connectivity index (χ0) is 17.5. The highest BCUT2D eigenvalue weighted by molar-refractivity contribution is 6.04. The molecular weight excluding hydrogens is 314 g/mol. The number of anilines is 1. The second kappa shape index (κ2) is 7.93. The minimum absolute atomic E-state index is 0.161. The molecule has 0 bridgehead atoms. The Morgan fingerprint density at radius 2 is 1.32 bits per heavy atom. The Hall–Kier alpha value is -3.40. The third kappa shape index (κ3) is 4.54. The third-order valence-corrected chi connectivity index (χ3v) is 3.63.